The molecule has 4 rings (SSSR count). The van der Waals surface area contributed by atoms with E-state index in [9.17, 15) is 14.7 Å². The van der Waals surface area contributed by atoms with Crippen molar-refractivity contribution in [1.82, 2.24) is 0 Å². The standard InChI is InChI=1S/C19H28O3/c1-18-7-5-11(20)9-15(18)16(21)10-12-13-3-4-17(22)19(13,2)8-6-14(12)18/h12-16,21H,3-10H2,1-2H3. The number of aliphatic hydroxyl groups is 1. The maximum Gasteiger partial charge on any atom is 0.139 e. The second kappa shape index (κ2) is 4.66. The van der Waals surface area contributed by atoms with E-state index in [2.05, 4.69) is 13.8 Å². The Hall–Kier alpha value is -0.700. The van der Waals surface area contributed by atoms with Crippen LogP contribution in [0, 0.1) is 34.5 Å². The summed E-state index contributed by atoms with van der Waals surface area (Å²) in [5, 5.41) is 10.8. The summed E-state index contributed by atoms with van der Waals surface area (Å²) in [4.78, 5) is 24.3. The Kier molecular flexibility index (Phi) is 3.15. The molecule has 122 valence electrons. The molecule has 7 unspecified atom stereocenters. The van der Waals surface area contributed by atoms with Crippen molar-refractivity contribution in [1.29, 1.82) is 0 Å². The number of fused-ring (bicyclic) bond motifs is 5. The summed E-state index contributed by atoms with van der Waals surface area (Å²) < 4.78 is 0. The molecular weight excluding hydrogens is 276 g/mol. The van der Waals surface area contributed by atoms with Gasteiger partial charge in [-0.25, -0.2) is 0 Å². The second-order valence-corrected chi connectivity index (χ2v) is 8.95. The third-order valence-corrected chi connectivity index (χ3v) is 8.21. The maximum absolute atomic E-state index is 12.4. The van der Waals surface area contributed by atoms with Crippen LogP contribution in [0.4, 0.5) is 0 Å². The van der Waals surface area contributed by atoms with Gasteiger partial charge in [-0.2, -0.15) is 0 Å². The lowest BCUT2D eigenvalue weighted by atomic mass is 9.44. The molecule has 0 aromatic rings. The number of Topliss-reactive ketones (excluding diaryl/α,β-unsaturated/α-hetero) is 2. The fraction of sp³-hybridized carbons (Fsp3) is 0.895. The van der Waals surface area contributed by atoms with Crippen molar-refractivity contribution in [2.75, 3.05) is 0 Å². The molecular formula is C19H28O3. The quantitative estimate of drug-likeness (QED) is 0.748. The van der Waals surface area contributed by atoms with Gasteiger partial charge in [0.1, 0.15) is 11.6 Å². The molecule has 22 heavy (non-hydrogen) atoms. The summed E-state index contributed by atoms with van der Waals surface area (Å²) >= 11 is 0. The average Bonchev–Trinajstić information content (AvgIpc) is 2.77. The Labute approximate surface area is 132 Å². The largest absolute Gasteiger partial charge is 0.393 e. The zero-order chi connectivity index (χ0) is 15.7. The van der Waals surface area contributed by atoms with Crippen molar-refractivity contribution in [3.05, 3.63) is 0 Å². The second-order valence-electron chi connectivity index (χ2n) is 8.95. The molecule has 0 aromatic carbocycles. The van der Waals surface area contributed by atoms with Crippen LogP contribution in [0.1, 0.15) is 65.2 Å². The minimum absolute atomic E-state index is 0.100. The monoisotopic (exact) mass is 304 g/mol. The predicted molar refractivity (Wildman–Crippen MR) is 83.1 cm³/mol. The van der Waals surface area contributed by atoms with E-state index in [4.69, 9.17) is 0 Å². The summed E-state index contributed by atoms with van der Waals surface area (Å²) in [6.45, 7) is 4.50. The van der Waals surface area contributed by atoms with E-state index in [1.807, 2.05) is 0 Å². The van der Waals surface area contributed by atoms with Crippen LogP contribution >= 0.6 is 0 Å². The Morgan fingerprint density at radius 1 is 1.00 bits per heavy atom. The number of aliphatic hydroxyl groups excluding tert-OH is 1. The highest BCUT2D eigenvalue weighted by Gasteiger charge is 2.62. The van der Waals surface area contributed by atoms with Crippen molar-refractivity contribution in [2.24, 2.45) is 34.5 Å². The number of rotatable bonds is 0. The average molecular weight is 304 g/mol. The summed E-state index contributed by atoms with van der Waals surface area (Å²) in [5.74, 6) is 2.47. The highest BCUT2D eigenvalue weighted by atomic mass is 16.3. The lowest BCUT2D eigenvalue weighted by Crippen LogP contribution is -2.57. The van der Waals surface area contributed by atoms with Crippen molar-refractivity contribution in [3.63, 3.8) is 0 Å². The van der Waals surface area contributed by atoms with Crippen molar-refractivity contribution in [2.45, 2.75) is 71.3 Å². The first kappa shape index (κ1) is 14.9. The predicted octanol–water partition coefficient (Wildman–Crippen LogP) is 3.14. The minimum Gasteiger partial charge on any atom is -0.393 e. The molecule has 0 saturated heterocycles. The van der Waals surface area contributed by atoms with Crippen molar-refractivity contribution in [3.8, 4) is 0 Å². The lowest BCUT2D eigenvalue weighted by Gasteiger charge is -2.60. The minimum atomic E-state index is -0.353. The van der Waals surface area contributed by atoms with Crippen LogP contribution in [0.15, 0.2) is 0 Å². The first-order valence-electron chi connectivity index (χ1n) is 9.09. The van der Waals surface area contributed by atoms with E-state index in [1.54, 1.807) is 0 Å². The Bertz CT molecular complexity index is 527. The number of carbonyl (C=O) groups is 2. The first-order valence-corrected chi connectivity index (χ1v) is 9.09. The maximum atomic E-state index is 12.4. The molecule has 4 fully saturated rings. The lowest BCUT2D eigenvalue weighted by molar-refractivity contribution is -0.165. The molecule has 4 saturated carbocycles. The molecule has 7 atom stereocenters. The molecule has 0 radical (unpaired) electrons. The van der Waals surface area contributed by atoms with E-state index in [1.165, 1.54) is 0 Å². The number of carbonyl (C=O) groups excluding carboxylic acids is 2. The van der Waals surface area contributed by atoms with Crippen molar-refractivity contribution >= 4 is 11.6 Å². The SMILES string of the molecule is CC12CCC3C(CC(O)C4CC(=O)CCC43C)C1CCC2=O. The number of ketones is 2. The number of hydrogen-bond acceptors (Lipinski definition) is 3. The highest BCUT2D eigenvalue weighted by Crippen LogP contribution is 2.65. The van der Waals surface area contributed by atoms with E-state index in [0.717, 1.165) is 38.5 Å². The molecule has 0 aliphatic heterocycles. The molecule has 1 N–H and O–H groups in total. The van der Waals surface area contributed by atoms with Crippen LogP contribution < -0.4 is 0 Å². The van der Waals surface area contributed by atoms with Crippen LogP contribution in [-0.4, -0.2) is 22.8 Å². The molecule has 0 spiro atoms. The van der Waals surface area contributed by atoms with E-state index >= 15 is 0 Å². The van der Waals surface area contributed by atoms with Gasteiger partial charge < -0.3 is 5.11 Å². The van der Waals surface area contributed by atoms with Crippen LogP contribution in [0.25, 0.3) is 0 Å². The zero-order valence-corrected chi connectivity index (χ0v) is 13.8. The molecule has 3 nitrogen and oxygen atoms in total. The van der Waals surface area contributed by atoms with Gasteiger partial charge in [0.15, 0.2) is 0 Å². The Morgan fingerprint density at radius 3 is 2.55 bits per heavy atom. The van der Waals surface area contributed by atoms with Gasteiger partial charge in [-0.1, -0.05) is 13.8 Å². The molecule has 0 heterocycles. The Morgan fingerprint density at radius 2 is 1.77 bits per heavy atom. The highest BCUT2D eigenvalue weighted by molar-refractivity contribution is 5.87. The van der Waals surface area contributed by atoms with E-state index in [-0.39, 0.29) is 22.9 Å². The van der Waals surface area contributed by atoms with Gasteiger partial charge in [0, 0.05) is 24.7 Å². The summed E-state index contributed by atoms with van der Waals surface area (Å²) in [7, 11) is 0. The molecule has 4 aliphatic rings. The normalized spacial score (nSPS) is 54.6. The topological polar surface area (TPSA) is 54.4 Å². The number of hydrogen-bond donors (Lipinski definition) is 1. The molecule has 0 bridgehead atoms. The van der Waals surface area contributed by atoms with E-state index in [0.29, 0.717) is 42.2 Å². The molecule has 0 aromatic heterocycles. The fourth-order valence-electron chi connectivity index (χ4n) is 6.86. The van der Waals surface area contributed by atoms with Gasteiger partial charge in [0.2, 0.25) is 0 Å². The Balaban J connectivity index is 1.69. The van der Waals surface area contributed by atoms with Gasteiger partial charge in [-0.15, -0.1) is 0 Å². The third-order valence-electron chi connectivity index (χ3n) is 8.21. The van der Waals surface area contributed by atoms with Gasteiger partial charge in [-0.05, 0) is 61.2 Å². The summed E-state index contributed by atoms with van der Waals surface area (Å²) in [6, 6.07) is 0. The molecule has 0 amide bonds. The summed E-state index contributed by atoms with van der Waals surface area (Å²) in [5.41, 5.74) is -0.0300. The van der Waals surface area contributed by atoms with Gasteiger partial charge in [0.05, 0.1) is 6.10 Å². The van der Waals surface area contributed by atoms with Crippen LogP contribution in [0.5, 0.6) is 0 Å². The van der Waals surface area contributed by atoms with Gasteiger partial charge in [-0.3, -0.25) is 9.59 Å². The first-order chi connectivity index (χ1) is 10.4. The molecule has 3 heteroatoms. The smallest absolute Gasteiger partial charge is 0.139 e. The fourth-order valence-corrected chi connectivity index (χ4v) is 6.86. The van der Waals surface area contributed by atoms with Crippen LogP contribution in [-0.2, 0) is 9.59 Å². The van der Waals surface area contributed by atoms with Crippen LogP contribution in [0.3, 0.4) is 0 Å². The van der Waals surface area contributed by atoms with Crippen LogP contribution in [0.2, 0.25) is 0 Å². The van der Waals surface area contributed by atoms with Crippen molar-refractivity contribution < 1.29 is 14.7 Å². The summed E-state index contributed by atoms with van der Waals surface area (Å²) in [6.07, 6.45) is 6.53. The molecule has 4 aliphatic carbocycles. The third kappa shape index (κ3) is 1.78. The van der Waals surface area contributed by atoms with Gasteiger partial charge >= 0.3 is 0 Å². The van der Waals surface area contributed by atoms with E-state index < -0.39 is 0 Å². The van der Waals surface area contributed by atoms with Gasteiger partial charge in [0.25, 0.3) is 0 Å². The zero-order valence-electron chi connectivity index (χ0n) is 13.8.